The molecule has 0 saturated heterocycles. The molecule has 1 unspecified atom stereocenters. The van der Waals surface area contributed by atoms with Crippen LogP contribution in [0.15, 0.2) is 24.3 Å². The summed E-state index contributed by atoms with van der Waals surface area (Å²) >= 11 is 5.89. The first kappa shape index (κ1) is 15.3. The summed E-state index contributed by atoms with van der Waals surface area (Å²) < 4.78 is 0. The largest absolute Gasteiger partial charge is 0.348 e. The first-order valence-electron chi connectivity index (χ1n) is 6.41. The minimum Gasteiger partial charge on any atom is -0.348 e. The molecule has 0 spiro atoms. The molecule has 0 saturated carbocycles. The minimum absolute atomic E-state index is 0.0188. The molecule has 4 N–H and O–H groups in total. The summed E-state index contributed by atoms with van der Waals surface area (Å²) in [5.41, 5.74) is 3.51. The Bertz CT molecular complexity index is 600. The third-order valence-corrected chi connectivity index (χ3v) is 3.12. The van der Waals surface area contributed by atoms with Gasteiger partial charge in [-0.3, -0.25) is 5.43 Å². The number of rotatable bonds is 5. The van der Waals surface area contributed by atoms with E-state index in [9.17, 15) is 0 Å². The number of halogens is 1. The maximum Gasteiger partial charge on any atom is 0.243 e. The molecular formula is C13H18ClN7. The van der Waals surface area contributed by atoms with Crippen LogP contribution in [0.25, 0.3) is 0 Å². The standard InChI is InChI=1S/C13H18ClN7/c1-8(9-4-6-10(14)7-5-9)16-11-17-12(20-15)19-13(18-11)21(2)3/h4-8H,15H2,1-3H3,(H2,16,17,18,19,20). The van der Waals surface area contributed by atoms with Crippen LogP contribution in [-0.4, -0.2) is 29.0 Å². The fourth-order valence-electron chi connectivity index (χ4n) is 1.72. The first-order chi connectivity index (χ1) is 9.99. The van der Waals surface area contributed by atoms with E-state index in [0.29, 0.717) is 22.9 Å². The Hall–Kier alpha value is -2.12. The molecule has 21 heavy (non-hydrogen) atoms. The number of hydrazine groups is 1. The third kappa shape index (κ3) is 3.93. The molecule has 1 aromatic heterocycles. The molecule has 0 aliphatic heterocycles. The molecule has 112 valence electrons. The molecule has 1 atom stereocenters. The zero-order chi connectivity index (χ0) is 15.4. The van der Waals surface area contributed by atoms with Crippen LogP contribution < -0.4 is 21.5 Å². The van der Waals surface area contributed by atoms with Gasteiger partial charge in [-0.15, -0.1) is 0 Å². The molecule has 0 bridgehead atoms. The van der Waals surface area contributed by atoms with Crippen LogP contribution in [0.3, 0.4) is 0 Å². The van der Waals surface area contributed by atoms with E-state index in [2.05, 4.69) is 25.7 Å². The van der Waals surface area contributed by atoms with Crippen molar-refractivity contribution in [2.24, 2.45) is 5.84 Å². The first-order valence-corrected chi connectivity index (χ1v) is 6.79. The average Bonchev–Trinajstić information content (AvgIpc) is 2.47. The van der Waals surface area contributed by atoms with E-state index < -0.39 is 0 Å². The second kappa shape index (κ2) is 6.55. The van der Waals surface area contributed by atoms with Gasteiger partial charge in [-0.2, -0.15) is 15.0 Å². The van der Waals surface area contributed by atoms with Gasteiger partial charge in [0.05, 0.1) is 6.04 Å². The number of anilines is 3. The van der Waals surface area contributed by atoms with Crippen molar-refractivity contribution in [1.82, 2.24) is 15.0 Å². The number of hydrogen-bond donors (Lipinski definition) is 3. The average molecular weight is 308 g/mol. The molecule has 0 fully saturated rings. The lowest BCUT2D eigenvalue weighted by atomic mass is 10.1. The number of nitrogens with two attached hydrogens (primary N) is 1. The van der Waals surface area contributed by atoms with Crippen LogP contribution in [-0.2, 0) is 0 Å². The second-order valence-corrected chi connectivity index (χ2v) is 5.18. The summed E-state index contributed by atoms with van der Waals surface area (Å²) in [4.78, 5) is 14.5. The van der Waals surface area contributed by atoms with Crippen molar-refractivity contribution in [3.05, 3.63) is 34.9 Å². The van der Waals surface area contributed by atoms with Gasteiger partial charge in [0.15, 0.2) is 0 Å². The van der Waals surface area contributed by atoms with Gasteiger partial charge in [0.1, 0.15) is 0 Å². The summed E-state index contributed by atoms with van der Waals surface area (Å²) in [6.45, 7) is 2.01. The van der Waals surface area contributed by atoms with Crippen molar-refractivity contribution in [2.45, 2.75) is 13.0 Å². The molecule has 2 aromatic rings. The number of nitrogens with one attached hydrogen (secondary N) is 2. The number of nitrogen functional groups attached to an aromatic ring is 1. The van der Waals surface area contributed by atoms with E-state index in [4.69, 9.17) is 17.4 Å². The summed E-state index contributed by atoms with van der Waals surface area (Å²) in [7, 11) is 3.70. The Morgan fingerprint density at radius 2 is 1.71 bits per heavy atom. The predicted octanol–water partition coefficient (Wildman–Crippen LogP) is 2.05. The van der Waals surface area contributed by atoms with E-state index in [1.165, 1.54) is 0 Å². The van der Waals surface area contributed by atoms with Crippen LogP contribution in [0.5, 0.6) is 0 Å². The van der Waals surface area contributed by atoms with Gasteiger partial charge >= 0.3 is 0 Å². The maximum atomic E-state index is 5.89. The lowest BCUT2D eigenvalue weighted by Crippen LogP contribution is -2.19. The monoisotopic (exact) mass is 307 g/mol. The van der Waals surface area contributed by atoms with Crippen molar-refractivity contribution in [2.75, 3.05) is 29.7 Å². The second-order valence-electron chi connectivity index (χ2n) is 4.74. The van der Waals surface area contributed by atoms with E-state index in [1.807, 2.05) is 45.3 Å². The molecule has 8 heteroatoms. The van der Waals surface area contributed by atoms with E-state index >= 15 is 0 Å². The molecule has 0 aliphatic carbocycles. The lowest BCUT2D eigenvalue weighted by Gasteiger charge is -2.17. The van der Waals surface area contributed by atoms with Crippen LogP contribution >= 0.6 is 11.6 Å². The van der Waals surface area contributed by atoms with Gasteiger partial charge in [-0.1, -0.05) is 23.7 Å². The fourth-order valence-corrected chi connectivity index (χ4v) is 1.85. The van der Waals surface area contributed by atoms with Gasteiger partial charge < -0.3 is 10.2 Å². The summed E-state index contributed by atoms with van der Waals surface area (Å²) in [6, 6.07) is 7.62. The normalized spacial score (nSPS) is 11.9. The SMILES string of the molecule is CC(Nc1nc(NN)nc(N(C)C)n1)c1ccc(Cl)cc1. The Kier molecular flexibility index (Phi) is 4.77. The van der Waals surface area contributed by atoms with E-state index in [-0.39, 0.29) is 6.04 Å². The van der Waals surface area contributed by atoms with Crippen LogP contribution in [0, 0.1) is 0 Å². The Morgan fingerprint density at radius 1 is 1.10 bits per heavy atom. The molecule has 2 rings (SSSR count). The minimum atomic E-state index is 0.0188. The molecule has 1 aromatic carbocycles. The quantitative estimate of drug-likeness (QED) is 0.575. The van der Waals surface area contributed by atoms with E-state index in [0.717, 1.165) is 5.56 Å². The fraction of sp³-hybridized carbons (Fsp3) is 0.308. The molecule has 7 nitrogen and oxygen atoms in total. The van der Waals surface area contributed by atoms with Gasteiger partial charge in [0.2, 0.25) is 17.8 Å². The topological polar surface area (TPSA) is 92.0 Å². The summed E-state index contributed by atoms with van der Waals surface area (Å²) in [5.74, 6) is 6.65. The Morgan fingerprint density at radius 3 is 2.29 bits per heavy atom. The molecule has 1 heterocycles. The highest BCUT2D eigenvalue weighted by atomic mass is 35.5. The highest BCUT2D eigenvalue weighted by Crippen LogP contribution is 2.20. The molecule has 0 radical (unpaired) electrons. The predicted molar refractivity (Wildman–Crippen MR) is 85.5 cm³/mol. The Balaban J connectivity index is 2.21. The Labute approximate surface area is 128 Å². The highest BCUT2D eigenvalue weighted by molar-refractivity contribution is 6.30. The highest BCUT2D eigenvalue weighted by Gasteiger charge is 2.11. The van der Waals surface area contributed by atoms with E-state index in [1.54, 1.807) is 4.90 Å². The van der Waals surface area contributed by atoms with Crippen molar-refractivity contribution in [3.8, 4) is 0 Å². The van der Waals surface area contributed by atoms with Gasteiger partial charge in [0, 0.05) is 19.1 Å². The van der Waals surface area contributed by atoms with Crippen molar-refractivity contribution >= 4 is 29.4 Å². The summed E-state index contributed by atoms with van der Waals surface area (Å²) in [5, 5.41) is 3.92. The third-order valence-electron chi connectivity index (χ3n) is 2.87. The van der Waals surface area contributed by atoms with Crippen LogP contribution in [0.2, 0.25) is 5.02 Å². The number of nitrogens with zero attached hydrogens (tertiary/aromatic N) is 4. The number of hydrogen-bond acceptors (Lipinski definition) is 7. The van der Waals surface area contributed by atoms with Crippen LogP contribution in [0.1, 0.15) is 18.5 Å². The van der Waals surface area contributed by atoms with Crippen molar-refractivity contribution in [3.63, 3.8) is 0 Å². The van der Waals surface area contributed by atoms with Gasteiger partial charge in [0.25, 0.3) is 0 Å². The van der Waals surface area contributed by atoms with Crippen molar-refractivity contribution in [1.29, 1.82) is 0 Å². The molecule has 0 aliphatic rings. The smallest absolute Gasteiger partial charge is 0.243 e. The van der Waals surface area contributed by atoms with Crippen molar-refractivity contribution < 1.29 is 0 Å². The molecule has 0 amide bonds. The maximum absolute atomic E-state index is 5.89. The zero-order valence-corrected chi connectivity index (χ0v) is 12.9. The zero-order valence-electron chi connectivity index (χ0n) is 12.1. The van der Waals surface area contributed by atoms with Crippen LogP contribution in [0.4, 0.5) is 17.8 Å². The summed E-state index contributed by atoms with van der Waals surface area (Å²) in [6.07, 6.45) is 0. The number of benzene rings is 1. The van der Waals surface area contributed by atoms with Gasteiger partial charge in [-0.05, 0) is 24.6 Å². The number of aromatic nitrogens is 3. The van der Waals surface area contributed by atoms with Gasteiger partial charge in [-0.25, -0.2) is 5.84 Å². The lowest BCUT2D eigenvalue weighted by molar-refractivity contribution is 0.847. The molecular weight excluding hydrogens is 290 g/mol.